The summed E-state index contributed by atoms with van der Waals surface area (Å²) in [5.41, 5.74) is 5.41. The molecule has 2 unspecified atom stereocenters. The molecule has 498 valence electrons. The maximum absolute atomic E-state index is 12.8. The van der Waals surface area contributed by atoms with E-state index in [4.69, 9.17) is 24.3 Å². The number of nitrogens with two attached hydrogens (primary N) is 1. The molecule has 0 spiro atoms. The van der Waals surface area contributed by atoms with E-state index in [1.54, 1.807) is 0 Å². The maximum atomic E-state index is 12.8. The number of phosphoric acid groups is 1. The van der Waals surface area contributed by atoms with Crippen LogP contribution in [0.2, 0.25) is 0 Å². The molecular formula is C75H140NO8P. The fourth-order valence-corrected chi connectivity index (χ4v) is 11.7. The number of carbonyl (C=O) groups excluding carboxylic acids is 2. The van der Waals surface area contributed by atoms with Crippen LogP contribution in [0.3, 0.4) is 0 Å². The summed E-state index contributed by atoms with van der Waals surface area (Å²) in [7, 11) is -4.39. The Hall–Kier alpha value is -2.29. The van der Waals surface area contributed by atoms with Crippen molar-refractivity contribution >= 4 is 19.8 Å². The molecule has 0 aliphatic rings. The Labute approximate surface area is 527 Å². The number of allylic oxidation sites excluding steroid dienone is 10. The number of ether oxygens (including phenoxy) is 2. The molecule has 2 atom stereocenters. The van der Waals surface area contributed by atoms with Crippen LogP contribution in [0.25, 0.3) is 0 Å². The van der Waals surface area contributed by atoms with Gasteiger partial charge in [-0.15, -0.1) is 0 Å². The third kappa shape index (κ3) is 70.7. The van der Waals surface area contributed by atoms with Gasteiger partial charge in [0.05, 0.1) is 13.2 Å². The molecule has 3 N–H and O–H groups in total. The molecule has 0 radical (unpaired) electrons. The number of esters is 2. The highest BCUT2D eigenvalue weighted by Gasteiger charge is 2.26. The first-order valence-corrected chi connectivity index (χ1v) is 38.3. The van der Waals surface area contributed by atoms with Crippen molar-refractivity contribution in [3.8, 4) is 0 Å². The molecular weight excluding hydrogens is 1070 g/mol. The highest BCUT2D eigenvalue weighted by molar-refractivity contribution is 7.47. The van der Waals surface area contributed by atoms with Gasteiger partial charge in [0, 0.05) is 19.4 Å². The van der Waals surface area contributed by atoms with Gasteiger partial charge in [0.1, 0.15) is 6.61 Å². The molecule has 0 aromatic carbocycles. The van der Waals surface area contributed by atoms with Gasteiger partial charge in [-0.05, 0) is 77.0 Å². The molecule has 0 amide bonds. The second kappa shape index (κ2) is 70.8. The summed E-state index contributed by atoms with van der Waals surface area (Å²) in [6.45, 7) is 3.69. The normalized spacial score (nSPS) is 13.2. The lowest BCUT2D eigenvalue weighted by atomic mass is 10.0. The average Bonchev–Trinajstić information content (AvgIpc) is 3.53. The van der Waals surface area contributed by atoms with E-state index in [-0.39, 0.29) is 38.6 Å². The number of carbonyl (C=O) groups is 2. The maximum Gasteiger partial charge on any atom is 0.472 e. The molecule has 0 aromatic heterocycles. The van der Waals surface area contributed by atoms with E-state index >= 15 is 0 Å². The van der Waals surface area contributed by atoms with Crippen LogP contribution in [0.5, 0.6) is 0 Å². The molecule has 0 aliphatic carbocycles. The summed E-state index contributed by atoms with van der Waals surface area (Å²) in [6.07, 6.45) is 92.0. The average molecular weight is 1210 g/mol. The van der Waals surface area contributed by atoms with Gasteiger partial charge in [-0.1, -0.05) is 344 Å². The van der Waals surface area contributed by atoms with E-state index in [0.717, 1.165) is 64.2 Å². The third-order valence-corrected chi connectivity index (χ3v) is 17.4. The summed E-state index contributed by atoms with van der Waals surface area (Å²) in [6, 6.07) is 0. The molecule has 0 aromatic rings. The van der Waals surface area contributed by atoms with Crippen molar-refractivity contribution < 1.29 is 37.6 Å². The van der Waals surface area contributed by atoms with Crippen molar-refractivity contribution in [3.63, 3.8) is 0 Å². The smallest absolute Gasteiger partial charge is 0.462 e. The zero-order valence-corrected chi connectivity index (χ0v) is 57.0. The second-order valence-corrected chi connectivity index (χ2v) is 26.2. The summed E-state index contributed by atoms with van der Waals surface area (Å²) in [5, 5.41) is 0. The van der Waals surface area contributed by atoms with Crippen molar-refractivity contribution in [1.29, 1.82) is 0 Å². The van der Waals surface area contributed by atoms with Crippen molar-refractivity contribution in [3.05, 3.63) is 60.8 Å². The number of hydrogen-bond donors (Lipinski definition) is 2. The Balaban J connectivity index is 3.78. The summed E-state index contributed by atoms with van der Waals surface area (Å²) >= 11 is 0. The molecule has 0 rings (SSSR count). The second-order valence-electron chi connectivity index (χ2n) is 24.8. The fraction of sp³-hybridized carbons (Fsp3) is 0.840. The van der Waals surface area contributed by atoms with Crippen molar-refractivity contribution in [2.45, 2.75) is 380 Å². The minimum Gasteiger partial charge on any atom is -0.462 e. The van der Waals surface area contributed by atoms with Crippen LogP contribution in [0.1, 0.15) is 373 Å². The molecule has 0 fully saturated rings. The lowest BCUT2D eigenvalue weighted by Gasteiger charge is -2.19. The minimum atomic E-state index is -4.39. The Kier molecular flexibility index (Phi) is 68.9. The predicted octanol–water partition coefficient (Wildman–Crippen LogP) is 24.2. The fourth-order valence-electron chi connectivity index (χ4n) is 11.0. The van der Waals surface area contributed by atoms with Crippen molar-refractivity contribution in [2.75, 3.05) is 26.4 Å². The molecule has 0 saturated carbocycles. The van der Waals surface area contributed by atoms with E-state index in [0.29, 0.717) is 6.42 Å². The standard InChI is InChI=1S/C75H140NO8P/c1-3-5-7-9-11-13-15-17-19-21-23-25-27-29-31-32-33-34-35-36-37-38-39-40-42-43-45-47-49-51-53-55-57-59-61-63-65-67-74(77)81-71-73(72-83-85(79,80)82-70-69-76)84-75(78)68-66-64-62-60-58-56-54-52-50-48-46-44-41-30-28-26-24-22-20-18-16-14-12-10-8-6-4-2/h6,8,12,14,18,20-21,23-24,26,73H,3-5,7,9-11,13,15-17,19,22,25,27-72,76H2,1-2H3,(H,79,80)/b8-6-,14-12-,20-18-,23-21-,26-24-. The third-order valence-electron chi connectivity index (χ3n) is 16.4. The summed E-state index contributed by atoms with van der Waals surface area (Å²) in [5.74, 6) is -0.811. The van der Waals surface area contributed by atoms with Gasteiger partial charge >= 0.3 is 19.8 Å². The van der Waals surface area contributed by atoms with E-state index in [1.165, 1.54) is 276 Å². The SMILES string of the molecule is CC/C=C\C/C=C\C/C=C\C/C=C\CCCCCCCCCCCCCCCCC(=O)OC(COC(=O)CCCCCCCCCCCCCCCCCCCCCCCCCCC/C=C\CCCCCCCCCC)COP(=O)(O)OCCN. The zero-order chi connectivity index (χ0) is 61.6. The molecule has 0 bridgehead atoms. The lowest BCUT2D eigenvalue weighted by Crippen LogP contribution is -2.29. The first kappa shape index (κ1) is 82.7. The molecule has 10 heteroatoms. The van der Waals surface area contributed by atoms with Crippen molar-refractivity contribution in [2.24, 2.45) is 5.73 Å². The van der Waals surface area contributed by atoms with Gasteiger partial charge in [-0.3, -0.25) is 18.6 Å². The van der Waals surface area contributed by atoms with Crippen LogP contribution >= 0.6 is 7.82 Å². The largest absolute Gasteiger partial charge is 0.472 e. The van der Waals surface area contributed by atoms with E-state index < -0.39 is 26.5 Å². The van der Waals surface area contributed by atoms with Crippen molar-refractivity contribution in [1.82, 2.24) is 0 Å². The van der Waals surface area contributed by atoms with E-state index in [9.17, 15) is 19.0 Å². The monoisotopic (exact) mass is 1210 g/mol. The first-order valence-electron chi connectivity index (χ1n) is 36.8. The highest BCUT2D eigenvalue weighted by Crippen LogP contribution is 2.43. The van der Waals surface area contributed by atoms with Crippen LogP contribution in [0.4, 0.5) is 0 Å². The van der Waals surface area contributed by atoms with Crippen LogP contribution in [-0.4, -0.2) is 49.3 Å². The predicted molar refractivity (Wildman–Crippen MR) is 367 cm³/mol. The molecule has 0 saturated heterocycles. The zero-order valence-electron chi connectivity index (χ0n) is 56.1. The number of rotatable bonds is 70. The summed E-state index contributed by atoms with van der Waals surface area (Å²) in [4.78, 5) is 35.4. The number of unbranched alkanes of at least 4 members (excludes halogenated alkanes) is 47. The number of phosphoric ester groups is 1. The van der Waals surface area contributed by atoms with Gasteiger partial charge in [-0.25, -0.2) is 4.57 Å². The Morgan fingerprint density at radius 2 is 0.647 bits per heavy atom. The highest BCUT2D eigenvalue weighted by atomic mass is 31.2. The molecule has 0 heterocycles. The van der Waals surface area contributed by atoms with E-state index in [1.807, 2.05) is 0 Å². The minimum absolute atomic E-state index is 0.0539. The van der Waals surface area contributed by atoms with Gasteiger partial charge in [0.25, 0.3) is 0 Å². The number of hydrogen-bond acceptors (Lipinski definition) is 8. The quantitative estimate of drug-likeness (QED) is 0.0264. The first-order chi connectivity index (χ1) is 41.8. The van der Waals surface area contributed by atoms with Gasteiger partial charge in [0.2, 0.25) is 0 Å². The summed E-state index contributed by atoms with van der Waals surface area (Å²) < 4.78 is 33.2. The lowest BCUT2D eigenvalue weighted by molar-refractivity contribution is -0.161. The van der Waals surface area contributed by atoms with E-state index in [2.05, 4.69) is 74.6 Å². The molecule has 9 nitrogen and oxygen atoms in total. The Morgan fingerprint density at radius 1 is 0.365 bits per heavy atom. The van der Waals surface area contributed by atoms with Crippen LogP contribution in [0, 0.1) is 0 Å². The Bertz CT molecular complexity index is 1580. The molecule has 0 aliphatic heterocycles. The van der Waals surface area contributed by atoms with Gasteiger partial charge < -0.3 is 20.1 Å². The van der Waals surface area contributed by atoms with Gasteiger partial charge in [0.15, 0.2) is 6.10 Å². The van der Waals surface area contributed by atoms with Gasteiger partial charge in [-0.2, -0.15) is 0 Å². The van der Waals surface area contributed by atoms with Crippen LogP contribution in [-0.2, 0) is 32.7 Å². The van der Waals surface area contributed by atoms with Crippen LogP contribution < -0.4 is 5.73 Å². The molecule has 85 heavy (non-hydrogen) atoms. The topological polar surface area (TPSA) is 134 Å². The van der Waals surface area contributed by atoms with Crippen LogP contribution in [0.15, 0.2) is 60.8 Å². The Morgan fingerprint density at radius 3 is 0.976 bits per heavy atom.